The van der Waals surface area contributed by atoms with Crippen molar-refractivity contribution in [3.63, 3.8) is 0 Å². The maximum atomic E-state index is 14.7. The Kier molecular flexibility index (Phi) is 8.98. The summed E-state index contributed by atoms with van der Waals surface area (Å²) in [6.45, 7) is -0.719. The first-order valence-corrected chi connectivity index (χ1v) is 11.2. The topological polar surface area (TPSA) is 41.5 Å². The summed E-state index contributed by atoms with van der Waals surface area (Å²) in [5, 5.41) is 12.8. The largest absolute Gasteiger partial charge is 0.461 e. The first-order valence-electron chi connectivity index (χ1n) is 11.2. The van der Waals surface area contributed by atoms with Crippen molar-refractivity contribution in [1.29, 1.82) is 0 Å². The number of halogens is 9. The smallest absolute Gasteiger partial charge is 0.428 e. The molecule has 3 aromatic rings. The van der Waals surface area contributed by atoms with E-state index in [0.29, 0.717) is 11.6 Å². The number of rotatable bonds is 11. The van der Waals surface area contributed by atoms with Crippen LogP contribution in [0, 0.1) is 11.6 Å². The summed E-state index contributed by atoms with van der Waals surface area (Å²) in [5.74, 6) is -2.85. The molecule has 12 heteroatoms. The van der Waals surface area contributed by atoms with Gasteiger partial charge in [-0.3, -0.25) is 0 Å². The third kappa shape index (κ3) is 7.64. The van der Waals surface area contributed by atoms with E-state index in [-0.39, 0.29) is 17.5 Å². The molecule has 0 fully saturated rings. The van der Waals surface area contributed by atoms with E-state index >= 15 is 0 Å². The summed E-state index contributed by atoms with van der Waals surface area (Å²) >= 11 is 0. The van der Waals surface area contributed by atoms with Gasteiger partial charge >= 0.3 is 18.7 Å². The van der Waals surface area contributed by atoms with Crippen LogP contribution in [-0.4, -0.2) is 36.5 Å². The van der Waals surface area contributed by atoms with E-state index in [1.54, 1.807) is 30.3 Å². The molecule has 0 bridgehead atoms. The van der Waals surface area contributed by atoms with Gasteiger partial charge in [0.15, 0.2) is 0 Å². The zero-order valence-electron chi connectivity index (χ0n) is 19.5. The minimum atomic E-state index is -4.97. The SMILES string of the molecule is OC(CN[C@](Cc1ccccc1)(c1ccc(F)cc1)c1cc(F)cc(OC(F)(F)C(F)F)c1)CC(F)(F)F. The van der Waals surface area contributed by atoms with E-state index in [9.17, 15) is 44.6 Å². The van der Waals surface area contributed by atoms with Crippen molar-refractivity contribution >= 4 is 0 Å². The predicted molar refractivity (Wildman–Crippen MR) is 120 cm³/mol. The van der Waals surface area contributed by atoms with Crippen molar-refractivity contribution in [2.75, 3.05) is 6.54 Å². The summed E-state index contributed by atoms with van der Waals surface area (Å²) in [4.78, 5) is 0. The van der Waals surface area contributed by atoms with Crippen molar-refractivity contribution in [2.45, 2.75) is 43.2 Å². The fraction of sp³-hybridized carbons (Fsp3) is 0.308. The summed E-state index contributed by atoms with van der Waals surface area (Å²) in [5.41, 5.74) is -1.30. The maximum absolute atomic E-state index is 14.7. The molecule has 0 aliphatic carbocycles. The lowest BCUT2D eigenvalue weighted by atomic mass is 9.77. The van der Waals surface area contributed by atoms with Crippen LogP contribution in [0.4, 0.5) is 39.5 Å². The van der Waals surface area contributed by atoms with Crippen LogP contribution in [0.25, 0.3) is 0 Å². The van der Waals surface area contributed by atoms with Gasteiger partial charge in [-0.15, -0.1) is 0 Å². The molecule has 3 nitrogen and oxygen atoms in total. The van der Waals surface area contributed by atoms with Crippen LogP contribution in [-0.2, 0) is 12.0 Å². The van der Waals surface area contributed by atoms with Crippen LogP contribution in [0.15, 0.2) is 72.8 Å². The van der Waals surface area contributed by atoms with Gasteiger partial charge in [-0.1, -0.05) is 42.5 Å². The lowest BCUT2D eigenvalue weighted by molar-refractivity contribution is -0.253. The van der Waals surface area contributed by atoms with E-state index in [1.807, 2.05) is 0 Å². The quantitative estimate of drug-likeness (QED) is 0.264. The number of benzene rings is 3. The first-order chi connectivity index (χ1) is 17.7. The number of aliphatic hydroxyl groups is 1. The molecule has 206 valence electrons. The number of ether oxygens (including phenoxy) is 1. The molecule has 2 N–H and O–H groups in total. The maximum Gasteiger partial charge on any atom is 0.461 e. The summed E-state index contributed by atoms with van der Waals surface area (Å²) < 4.78 is 124. The van der Waals surface area contributed by atoms with Gasteiger partial charge in [-0.05, 0) is 47.4 Å². The second-order valence-corrected chi connectivity index (χ2v) is 8.57. The molecule has 2 atom stereocenters. The van der Waals surface area contributed by atoms with E-state index < -0.39 is 60.7 Å². The molecule has 0 aliphatic rings. The van der Waals surface area contributed by atoms with Gasteiger partial charge in [0.2, 0.25) is 0 Å². The third-order valence-electron chi connectivity index (χ3n) is 5.63. The molecule has 0 heterocycles. The molecule has 0 saturated carbocycles. The molecule has 1 unspecified atom stereocenters. The number of aliphatic hydroxyl groups excluding tert-OH is 1. The van der Waals surface area contributed by atoms with E-state index in [4.69, 9.17) is 0 Å². The molecule has 0 aliphatic heterocycles. The Labute approximate surface area is 211 Å². The summed E-state index contributed by atoms with van der Waals surface area (Å²) in [7, 11) is 0. The van der Waals surface area contributed by atoms with Gasteiger partial charge in [0.05, 0.1) is 18.1 Å². The predicted octanol–water partition coefficient (Wildman–Crippen LogP) is 6.59. The standard InChI is InChI=1S/C26H22F9NO2/c27-19-8-6-17(7-9-19)24(13-16-4-2-1-3-5-16,36-15-21(37)14-25(31,32)33)18-10-20(28)12-22(11-18)38-26(34,35)23(29)30/h1-12,21,23,36-37H,13-15H2/t21?,24-/m1/s1. The van der Waals surface area contributed by atoms with Crippen LogP contribution in [0.1, 0.15) is 23.1 Å². The molecule has 3 aromatic carbocycles. The van der Waals surface area contributed by atoms with Crippen molar-refractivity contribution in [2.24, 2.45) is 0 Å². The van der Waals surface area contributed by atoms with Gasteiger partial charge in [-0.2, -0.15) is 30.7 Å². The number of hydrogen-bond acceptors (Lipinski definition) is 3. The number of nitrogens with one attached hydrogen (secondary N) is 1. The van der Waals surface area contributed by atoms with Crippen LogP contribution < -0.4 is 10.1 Å². The van der Waals surface area contributed by atoms with Crippen molar-refractivity contribution in [3.05, 3.63) is 101 Å². The Balaban J connectivity index is 2.19. The first kappa shape index (κ1) is 29.3. The van der Waals surface area contributed by atoms with Gasteiger partial charge in [0.25, 0.3) is 0 Å². The average molecular weight is 551 g/mol. The second kappa shape index (κ2) is 11.6. The molecular weight excluding hydrogens is 529 g/mol. The summed E-state index contributed by atoms with van der Waals surface area (Å²) in [6, 6.07) is 14.8. The van der Waals surface area contributed by atoms with Gasteiger partial charge in [0, 0.05) is 12.6 Å². The lowest BCUT2D eigenvalue weighted by Gasteiger charge is -2.38. The molecular formula is C26H22F9NO2. The highest BCUT2D eigenvalue weighted by Gasteiger charge is 2.45. The lowest BCUT2D eigenvalue weighted by Crippen LogP contribution is -2.49. The Morgan fingerprint density at radius 1 is 0.789 bits per heavy atom. The van der Waals surface area contributed by atoms with Crippen LogP contribution in [0.2, 0.25) is 0 Å². The normalized spacial score (nSPS) is 14.8. The fourth-order valence-corrected chi connectivity index (χ4v) is 3.97. The van der Waals surface area contributed by atoms with E-state index in [2.05, 4.69) is 10.1 Å². The fourth-order valence-electron chi connectivity index (χ4n) is 3.97. The van der Waals surface area contributed by atoms with Crippen LogP contribution in [0.3, 0.4) is 0 Å². The zero-order chi connectivity index (χ0) is 28.1. The Morgan fingerprint density at radius 2 is 1.42 bits per heavy atom. The molecule has 0 radical (unpaired) electrons. The average Bonchev–Trinajstić information content (AvgIpc) is 2.81. The minimum absolute atomic E-state index is 0.152. The Bertz CT molecular complexity index is 1190. The van der Waals surface area contributed by atoms with Gasteiger partial charge in [-0.25, -0.2) is 8.78 Å². The Morgan fingerprint density at radius 3 is 2.00 bits per heavy atom. The molecule has 0 spiro atoms. The minimum Gasteiger partial charge on any atom is -0.428 e. The van der Waals surface area contributed by atoms with E-state index in [1.165, 1.54) is 12.1 Å². The highest BCUT2D eigenvalue weighted by atomic mass is 19.4. The Hall–Kier alpha value is -3.25. The van der Waals surface area contributed by atoms with Crippen molar-refractivity contribution in [1.82, 2.24) is 5.32 Å². The zero-order valence-corrected chi connectivity index (χ0v) is 19.5. The number of alkyl halides is 7. The van der Waals surface area contributed by atoms with E-state index in [0.717, 1.165) is 24.3 Å². The van der Waals surface area contributed by atoms with Crippen molar-refractivity contribution in [3.8, 4) is 5.75 Å². The van der Waals surface area contributed by atoms with Crippen LogP contribution in [0.5, 0.6) is 5.75 Å². The molecule has 0 aromatic heterocycles. The molecule has 0 saturated heterocycles. The van der Waals surface area contributed by atoms with Crippen molar-refractivity contribution < 1.29 is 49.4 Å². The van der Waals surface area contributed by atoms with Crippen LogP contribution >= 0.6 is 0 Å². The van der Waals surface area contributed by atoms with Gasteiger partial charge in [0.1, 0.15) is 17.4 Å². The summed E-state index contributed by atoms with van der Waals surface area (Å²) in [6.07, 6.45) is -17.7. The molecule has 3 rings (SSSR count). The monoisotopic (exact) mass is 551 g/mol. The highest BCUT2D eigenvalue weighted by molar-refractivity contribution is 5.44. The molecule has 0 amide bonds. The highest BCUT2D eigenvalue weighted by Crippen LogP contribution is 2.38. The molecule has 38 heavy (non-hydrogen) atoms. The second-order valence-electron chi connectivity index (χ2n) is 8.57. The third-order valence-corrected chi connectivity index (χ3v) is 5.63. The number of hydrogen-bond donors (Lipinski definition) is 2. The van der Waals surface area contributed by atoms with Gasteiger partial charge < -0.3 is 15.2 Å².